The Morgan fingerprint density at radius 1 is 0.900 bits per heavy atom. The molecule has 2 heterocycles. The Bertz CT molecular complexity index is 1340. The van der Waals surface area contributed by atoms with Crippen LogP contribution in [0, 0.1) is 13.8 Å². The van der Waals surface area contributed by atoms with Gasteiger partial charge in [-0.25, -0.2) is 8.42 Å². The van der Waals surface area contributed by atoms with Crippen LogP contribution in [0.2, 0.25) is 0 Å². The molecule has 5 heteroatoms. The molecule has 1 unspecified atom stereocenters. The fourth-order valence-corrected chi connectivity index (χ4v) is 6.16. The van der Waals surface area contributed by atoms with Gasteiger partial charge in [0.2, 0.25) is 10.0 Å². The van der Waals surface area contributed by atoms with Gasteiger partial charge in [0.15, 0.2) is 0 Å². The number of para-hydroxylation sites is 1. The van der Waals surface area contributed by atoms with Crippen molar-refractivity contribution in [3.05, 3.63) is 101 Å². The van der Waals surface area contributed by atoms with E-state index in [0.29, 0.717) is 17.9 Å². The smallest absolute Gasteiger partial charge is 0.244 e. The molecule has 1 aromatic heterocycles. The maximum atomic E-state index is 13.7. The van der Waals surface area contributed by atoms with Crippen molar-refractivity contribution in [3.8, 4) is 0 Å². The molecule has 0 spiro atoms. The summed E-state index contributed by atoms with van der Waals surface area (Å²) in [6.07, 6.45) is 0.687. The lowest BCUT2D eigenvalue weighted by molar-refractivity contribution is 0.340. The van der Waals surface area contributed by atoms with Gasteiger partial charge in [0.25, 0.3) is 0 Å². The van der Waals surface area contributed by atoms with Crippen LogP contribution in [0.1, 0.15) is 34.0 Å². The second-order valence-corrected chi connectivity index (χ2v) is 9.95. The van der Waals surface area contributed by atoms with Gasteiger partial charge in [0, 0.05) is 23.1 Å². The molecule has 3 aromatic carbocycles. The van der Waals surface area contributed by atoms with Crippen LogP contribution in [0.15, 0.2) is 77.7 Å². The largest absolute Gasteiger partial charge is 0.357 e. The van der Waals surface area contributed by atoms with Crippen LogP contribution in [0.3, 0.4) is 0 Å². The van der Waals surface area contributed by atoms with E-state index in [4.69, 9.17) is 0 Å². The van der Waals surface area contributed by atoms with E-state index in [9.17, 15) is 8.42 Å². The monoisotopic (exact) mass is 416 g/mol. The maximum Gasteiger partial charge on any atom is 0.244 e. The van der Waals surface area contributed by atoms with E-state index in [1.807, 2.05) is 56.3 Å². The quantitative estimate of drug-likeness (QED) is 0.504. The summed E-state index contributed by atoms with van der Waals surface area (Å²) in [6.45, 7) is 4.41. The van der Waals surface area contributed by atoms with Crippen LogP contribution in [0.25, 0.3) is 10.9 Å². The Labute approximate surface area is 177 Å². The van der Waals surface area contributed by atoms with Gasteiger partial charge in [0.05, 0.1) is 10.9 Å². The van der Waals surface area contributed by atoms with E-state index in [-0.39, 0.29) is 6.04 Å². The number of nitrogens with zero attached hydrogens (tertiary/aromatic N) is 1. The molecule has 1 atom stereocenters. The van der Waals surface area contributed by atoms with Gasteiger partial charge in [-0.2, -0.15) is 4.31 Å². The molecule has 4 nitrogen and oxygen atoms in total. The van der Waals surface area contributed by atoms with Crippen molar-refractivity contribution in [2.24, 2.45) is 0 Å². The van der Waals surface area contributed by atoms with Crippen molar-refractivity contribution < 1.29 is 8.42 Å². The topological polar surface area (TPSA) is 53.2 Å². The predicted octanol–water partition coefficient (Wildman–Crippen LogP) is 5.12. The fraction of sp³-hybridized carbons (Fsp3) is 0.200. The third kappa shape index (κ3) is 3.06. The van der Waals surface area contributed by atoms with Gasteiger partial charge < -0.3 is 4.98 Å². The van der Waals surface area contributed by atoms with Crippen molar-refractivity contribution in [3.63, 3.8) is 0 Å². The number of aromatic amines is 1. The summed E-state index contributed by atoms with van der Waals surface area (Å²) in [4.78, 5) is 3.88. The molecule has 1 aliphatic heterocycles. The number of sulfonamides is 1. The normalized spacial score (nSPS) is 17.2. The van der Waals surface area contributed by atoms with Crippen LogP contribution in [0.4, 0.5) is 0 Å². The summed E-state index contributed by atoms with van der Waals surface area (Å²) in [6, 6.07) is 23.2. The maximum absolute atomic E-state index is 13.7. The molecule has 0 fully saturated rings. The van der Waals surface area contributed by atoms with Crippen molar-refractivity contribution in [2.45, 2.75) is 31.2 Å². The highest BCUT2D eigenvalue weighted by molar-refractivity contribution is 7.89. The summed E-state index contributed by atoms with van der Waals surface area (Å²) in [5.41, 5.74) is 6.30. The van der Waals surface area contributed by atoms with Gasteiger partial charge >= 0.3 is 0 Å². The molecule has 5 rings (SSSR count). The SMILES string of the molecule is Cc1ccc(C2c3[nH]c4ccccc4c3CCN2S(=O)(=O)c2cccc(C)c2)cc1. The summed E-state index contributed by atoms with van der Waals surface area (Å²) < 4.78 is 29.1. The molecule has 0 saturated heterocycles. The minimum atomic E-state index is -3.66. The number of nitrogens with one attached hydrogen (secondary N) is 1. The average Bonchev–Trinajstić information content (AvgIpc) is 3.12. The lowest BCUT2D eigenvalue weighted by Crippen LogP contribution is -2.40. The van der Waals surface area contributed by atoms with E-state index in [1.54, 1.807) is 22.5 Å². The molecule has 0 radical (unpaired) electrons. The second kappa shape index (κ2) is 7.11. The first-order valence-electron chi connectivity index (χ1n) is 10.2. The number of aromatic nitrogens is 1. The molecule has 1 aliphatic rings. The minimum absolute atomic E-state index is 0.346. The van der Waals surface area contributed by atoms with Crippen molar-refractivity contribution in [1.29, 1.82) is 0 Å². The summed E-state index contributed by atoms with van der Waals surface area (Å²) in [5.74, 6) is 0. The predicted molar refractivity (Wildman–Crippen MR) is 120 cm³/mol. The van der Waals surface area contributed by atoms with Crippen LogP contribution in [0.5, 0.6) is 0 Å². The van der Waals surface area contributed by atoms with E-state index >= 15 is 0 Å². The second-order valence-electron chi connectivity index (χ2n) is 8.06. The molecule has 0 saturated carbocycles. The van der Waals surface area contributed by atoms with Crippen LogP contribution in [-0.2, 0) is 16.4 Å². The third-order valence-corrected chi connectivity index (χ3v) is 7.84. The zero-order chi connectivity index (χ0) is 20.9. The Balaban J connectivity index is 1.72. The summed E-state index contributed by atoms with van der Waals surface area (Å²) in [5, 5.41) is 1.18. The number of hydrogen-bond donors (Lipinski definition) is 1. The number of benzene rings is 3. The van der Waals surface area contributed by atoms with E-state index in [0.717, 1.165) is 27.9 Å². The van der Waals surface area contributed by atoms with Gasteiger partial charge in [-0.15, -0.1) is 0 Å². The van der Waals surface area contributed by atoms with Crippen LogP contribution in [-0.4, -0.2) is 24.3 Å². The minimum Gasteiger partial charge on any atom is -0.357 e. The molecule has 0 aliphatic carbocycles. The van der Waals surface area contributed by atoms with E-state index < -0.39 is 10.0 Å². The number of H-pyrrole nitrogens is 1. The van der Waals surface area contributed by atoms with Crippen molar-refractivity contribution >= 4 is 20.9 Å². The highest BCUT2D eigenvalue weighted by Crippen LogP contribution is 2.41. The number of aryl methyl sites for hydroxylation is 2. The molecular weight excluding hydrogens is 392 g/mol. The molecule has 152 valence electrons. The summed E-state index contributed by atoms with van der Waals surface area (Å²) >= 11 is 0. The fourth-order valence-electron chi connectivity index (χ4n) is 4.47. The average molecular weight is 417 g/mol. The highest BCUT2D eigenvalue weighted by Gasteiger charge is 2.39. The first-order chi connectivity index (χ1) is 14.4. The molecule has 4 aromatic rings. The number of fused-ring (bicyclic) bond motifs is 3. The Morgan fingerprint density at radius 3 is 2.43 bits per heavy atom. The Morgan fingerprint density at radius 2 is 1.67 bits per heavy atom. The van der Waals surface area contributed by atoms with Gasteiger partial charge in [-0.1, -0.05) is 60.2 Å². The molecule has 0 amide bonds. The Kier molecular flexibility index (Phi) is 4.53. The van der Waals surface area contributed by atoms with Crippen molar-refractivity contribution in [2.75, 3.05) is 6.54 Å². The number of hydrogen-bond acceptors (Lipinski definition) is 2. The third-order valence-electron chi connectivity index (χ3n) is 5.98. The van der Waals surface area contributed by atoms with Gasteiger partial charge in [-0.3, -0.25) is 0 Å². The molecule has 30 heavy (non-hydrogen) atoms. The highest BCUT2D eigenvalue weighted by atomic mass is 32.2. The molecule has 0 bridgehead atoms. The van der Waals surface area contributed by atoms with Crippen molar-refractivity contribution in [1.82, 2.24) is 9.29 Å². The van der Waals surface area contributed by atoms with Gasteiger partial charge in [0.1, 0.15) is 0 Å². The van der Waals surface area contributed by atoms with E-state index in [1.165, 1.54) is 10.9 Å². The van der Waals surface area contributed by atoms with Crippen LogP contribution >= 0.6 is 0 Å². The zero-order valence-electron chi connectivity index (χ0n) is 17.1. The first kappa shape index (κ1) is 19.1. The molecule has 1 N–H and O–H groups in total. The summed E-state index contributed by atoms with van der Waals surface area (Å²) in [7, 11) is -3.66. The Hall–Kier alpha value is -2.89. The lowest BCUT2D eigenvalue weighted by atomic mass is 9.94. The van der Waals surface area contributed by atoms with Gasteiger partial charge in [-0.05, 0) is 55.2 Å². The lowest BCUT2D eigenvalue weighted by Gasteiger charge is -2.35. The standard InChI is InChI=1S/C25H24N2O2S/c1-17-10-12-19(13-11-17)25-24-22(21-8-3-4-9-23(21)26-24)14-15-27(25)30(28,29)20-7-5-6-18(2)16-20/h3-13,16,25-26H,14-15H2,1-2H3. The zero-order valence-corrected chi connectivity index (χ0v) is 17.9. The van der Waals surface area contributed by atoms with Crippen LogP contribution < -0.4 is 0 Å². The molecular formula is C25H24N2O2S. The first-order valence-corrected chi connectivity index (χ1v) is 11.6. The van der Waals surface area contributed by atoms with E-state index in [2.05, 4.69) is 17.1 Å². The number of rotatable bonds is 3.